The first-order valence-electron chi connectivity index (χ1n) is 9.41. The first-order chi connectivity index (χ1) is 14.9. The Balaban J connectivity index is 1.44. The molecule has 0 aliphatic rings. The fourth-order valence-electron chi connectivity index (χ4n) is 2.96. The fraction of sp³-hybridized carbons (Fsp3) is 0.0870. The molecule has 0 fully saturated rings. The summed E-state index contributed by atoms with van der Waals surface area (Å²) in [4.78, 5) is 25.1. The lowest BCUT2D eigenvalue weighted by molar-refractivity contribution is 0.0957. The van der Waals surface area contributed by atoms with Crippen LogP contribution in [0.15, 0.2) is 70.4 Å². The molecule has 2 amide bonds. The minimum atomic E-state index is -0.356. The Bertz CT molecular complexity index is 1290. The highest BCUT2D eigenvalue weighted by atomic mass is 35.5. The molecule has 8 heteroatoms. The average molecular weight is 452 g/mol. The van der Waals surface area contributed by atoms with Crippen molar-refractivity contribution in [1.29, 1.82) is 0 Å². The summed E-state index contributed by atoms with van der Waals surface area (Å²) in [6.07, 6.45) is 1.44. The number of halogens is 1. The molecule has 2 heterocycles. The summed E-state index contributed by atoms with van der Waals surface area (Å²) in [5.41, 5.74) is 5.71. The quantitative estimate of drug-likeness (QED) is 0.294. The van der Waals surface area contributed by atoms with Crippen molar-refractivity contribution in [2.24, 2.45) is 5.10 Å². The lowest BCUT2D eigenvalue weighted by Gasteiger charge is -2.06. The molecule has 31 heavy (non-hydrogen) atoms. The van der Waals surface area contributed by atoms with Crippen LogP contribution in [0.25, 0.3) is 10.1 Å². The van der Waals surface area contributed by atoms with E-state index in [0.29, 0.717) is 21.3 Å². The molecule has 2 aromatic heterocycles. The third kappa shape index (κ3) is 4.52. The maximum atomic E-state index is 12.6. The van der Waals surface area contributed by atoms with E-state index in [1.807, 2.05) is 25.1 Å². The van der Waals surface area contributed by atoms with Crippen molar-refractivity contribution >= 4 is 56.2 Å². The SMILES string of the molecule is CC(=NNC(=O)c1sc2cc(C)ccc2c1Cl)c1ccc(NC(=O)c2ccco2)cc1. The number of fused-ring (bicyclic) bond motifs is 1. The predicted molar refractivity (Wildman–Crippen MR) is 124 cm³/mol. The number of furan rings is 1. The van der Waals surface area contributed by atoms with Crippen LogP contribution in [0.1, 0.15) is 38.3 Å². The zero-order valence-electron chi connectivity index (χ0n) is 16.7. The summed E-state index contributed by atoms with van der Waals surface area (Å²) in [6.45, 7) is 3.78. The van der Waals surface area contributed by atoms with Crippen LogP contribution in [0, 0.1) is 6.92 Å². The van der Waals surface area contributed by atoms with Crippen LogP contribution in [0.5, 0.6) is 0 Å². The highest BCUT2D eigenvalue weighted by Crippen LogP contribution is 2.35. The molecule has 0 unspecified atom stereocenters. The van der Waals surface area contributed by atoms with Crippen LogP contribution in [0.2, 0.25) is 5.02 Å². The number of nitrogens with zero attached hydrogens (tertiary/aromatic N) is 1. The van der Waals surface area contributed by atoms with Crippen molar-refractivity contribution in [3.8, 4) is 0 Å². The first-order valence-corrected chi connectivity index (χ1v) is 10.6. The number of amides is 2. The van der Waals surface area contributed by atoms with Gasteiger partial charge in [0.05, 0.1) is 17.0 Å². The number of anilines is 1. The number of thiophene rings is 1. The number of hydrogen-bond donors (Lipinski definition) is 2. The van der Waals surface area contributed by atoms with Gasteiger partial charge in [-0.3, -0.25) is 9.59 Å². The van der Waals surface area contributed by atoms with Crippen LogP contribution >= 0.6 is 22.9 Å². The van der Waals surface area contributed by atoms with E-state index in [4.69, 9.17) is 16.0 Å². The highest BCUT2D eigenvalue weighted by Gasteiger charge is 2.17. The molecule has 6 nitrogen and oxygen atoms in total. The number of rotatable bonds is 5. The zero-order valence-corrected chi connectivity index (χ0v) is 18.3. The monoisotopic (exact) mass is 451 g/mol. The summed E-state index contributed by atoms with van der Waals surface area (Å²) >= 11 is 7.73. The normalized spacial score (nSPS) is 11.5. The molecule has 0 bridgehead atoms. The fourth-order valence-corrected chi connectivity index (χ4v) is 4.47. The van der Waals surface area contributed by atoms with Gasteiger partial charge in [-0.05, 0) is 55.3 Å². The number of hydrazone groups is 1. The second kappa shape index (κ2) is 8.75. The first kappa shape index (κ1) is 20.8. The summed E-state index contributed by atoms with van der Waals surface area (Å²) in [5, 5.41) is 8.23. The van der Waals surface area contributed by atoms with Gasteiger partial charge in [-0.2, -0.15) is 5.10 Å². The van der Waals surface area contributed by atoms with Gasteiger partial charge in [-0.25, -0.2) is 5.43 Å². The van der Waals surface area contributed by atoms with Gasteiger partial charge in [-0.15, -0.1) is 11.3 Å². The van der Waals surface area contributed by atoms with Crippen molar-refractivity contribution in [2.75, 3.05) is 5.32 Å². The molecule has 4 aromatic rings. The Morgan fingerprint density at radius 1 is 1.06 bits per heavy atom. The van der Waals surface area contributed by atoms with Crippen molar-refractivity contribution in [2.45, 2.75) is 13.8 Å². The van der Waals surface area contributed by atoms with Gasteiger partial charge in [0.2, 0.25) is 0 Å². The molecule has 0 saturated carbocycles. The second-order valence-corrected chi connectivity index (χ2v) is 8.32. The topological polar surface area (TPSA) is 83.7 Å². The van der Waals surface area contributed by atoms with Gasteiger partial charge < -0.3 is 9.73 Å². The molecule has 0 saturated heterocycles. The van der Waals surface area contributed by atoms with E-state index in [9.17, 15) is 9.59 Å². The van der Waals surface area contributed by atoms with Crippen molar-refractivity contribution in [3.63, 3.8) is 0 Å². The summed E-state index contributed by atoms with van der Waals surface area (Å²) < 4.78 is 6.03. The summed E-state index contributed by atoms with van der Waals surface area (Å²) in [7, 11) is 0. The Morgan fingerprint density at radius 2 is 1.84 bits per heavy atom. The molecule has 0 aliphatic heterocycles. The van der Waals surface area contributed by atoms with E-state index < -0.39 is 0 Å². The molecular formula is C23H18ClN3O3S. The van der Waals surface area contributed by atoms with E-state index in [0.717, 1.165) is 21.2 Å². The Morgan fingerprint density at radius 3 is 2.55 bits per heavy atom. The Hall–Kier alpha value is -3.42. The van der Waals surface area contributed by atoms with E-state index >= 15 is 0 Å². The minimum Gasteiger partial charge on any atom is -0.459 e. The average Bonchev–Trinajstić information content (AvgIpc) is 3.41. The van der Waals surface area contributed by atoms with Crippen LogP contribution < -0.4 is 10.7 Å². The van der Waals surface area contributed by atoms with Gasteiger partial charge in [0.25, 0.3) is 11.8 Å². The van der Waals surface area contributed by atoms with Crippen molar-refractivity contribution in [3.05, 3.63) is 87.6 Å². The van der Waals surface area contributed by atoms with E-state index in [-0.39, 0.29) is 17.6 Å². The molecule has 2 aromatic carbocycles. The van der Waals surface area contributed by atoms with Gasteiger partial charge >= 0.3 is 0 Å². The lowest BCUT2D eigenvalue weighted by Crippen LogP contribution is -2.18. The van der Waals surface area contributed by atoms with Gasteiger partial charge in [0.15, 0.2) is 5.76 Å². The van der Waals surface area contributed by atoms with Gasteiger partial charge in [-0.1, -0.05) is 35.9 Å². The highest BCUT2D eigenvalue weighted by molar-refractivity contribution is 7.21. The third-order valence-corrected chi connectivity index (χ3v) is 6.28. The predicted octanol–water partition coefficient (Wildman–Crippen LogP) is 5.86. The molecule has 156 valence electrons. The lowest BCUT2D eigenvalue weighted by atomic mass is 10.1. The van der Waals surface area contributed by atoms with Crippen LogP contribution in [0.3, 0.4) is 0 Å². The largest absolute Gasteiger partial charge is 0.459 e. The number of aryl methyl sites for hydroxylation is 1. The summed E-state index contributed by atoms with van der Waals surface area (Å²) in [6, 6.07) is 16.2. The smallest absolute Gasteiger partial charge is 0.291 e. The standard InChI is InChI=1S/C23H18ClN3O3S/c1-13-5-10-17-19(12-13)31-21(20(17)24)23(29)27-26-14(2)15-6-8-16(9-7-15)25-22(28)18-4-3-11-30-18/h3-12H,1-2H3,(H,25,28)(H,27,29). The third-order valence-electron chi connectivity index (χ3n) is 4.62. The van der Waals surface area contributed by atoms with Gasteiger partial charge in [0.1, 0.15) is 4.88 Å². The zero-order chi connectivity index (χ0) is 22.0. The molecule has 4 rings (SSSR count). The molecule has 2 N–H and O–H groups in total. The van der Waals surface area contributed by atoms with Crippen LogP contribution in [-0.2, 0) is 0 Å². The number of hydrogen-bond acceptors (Lipinski definition) is 5. The molecule has 0 spiro atoms. The number of carbonyl (C=O) groups excluding carboxylic acids is 2. The Labute approximate surface area is 187 Å². The van der Waals surface area contributed by atoms with E-state index in [1.54, 1.807) is 43.3 Å². The minimum absolute atomic E-state index is 0.236. The van der Waals surface area contributed by atoms with E-state index in [2.05, 4.69) is 15.8 Å². The van der Waals surface area contributed by atoms with Crippen molar-refractivity contribution in [1.82, 2.24) is 5.43 Å². The maximum absolute atomic E-state index is 12.6. The second-order valence-electron chi connectivity index (χ2n) is 6.89. The molecule has 0 aliphatic carbocycles. The number of carbonyl (C=O) groups is 2. The summed E-state index contributed by atoms with van der Waals surface area (Å²) in [5.74, 6) is -0.448. The van der Waals surface area contributed by atoms with Crippen LogP contribution in [-0.4, -0.2) is 17.5 Å². The molecular weight excluding hydrogens is 434 g/mol. The van der Waals surface area contributed by atoms with E-state index in [1.165, 1.54) is 17.6 Å². The van der Waals surface area contributed by atoms with Crippen molar-refractivity contribution < 1.29 is 14.0 Å². The maximum Gasteiger partial charge on any atom is 0.291 e. The number of nitrogens with one attached hydrogen (secondary N) is 2. The number of benzene rings is 2. The van der Waals surface area contributed by atoms with Crippen LogP contribution in [0.4, 0.5) is 5.69 Å². The Kier molecular flexibility index (Phi) is 5.88. The molecule has 0 radical (unpaired) electrons. The molecule has 0 atom stereocenters. The van der Waals surface area contributed by atoms with Gasteiger partial charge in [0, 0.05) is 15.8 Å².